The molecule has 0 saturated heterocycles. The predicted molar refractivity (Wildman–Crippen MR) is 103 cm³/mol. The molecular weight excluding hydrogens is 368 g/mol. The summed E-state index contributed by atoms with van der Waals surface area (Å²) < 4.78 is 21.0. The number of ketones is 1. The summed E-state index contributed by atoms with van der Waals surface area (Å²) in [4.78, 5) is 26.2. The molecule has 0 aliphatic carbocycles. The smallest absolute Gasteiger partial charge is 0.309 e. The van der Waals surface area contributed by atoms with Crippen LogP contribution in [0.4, 0.5) is 0 Å². The number of benzene rings is 1. The zero-order valence-electron chi connectivity index (χ0n) is 15.9. The number of hydrogen-bond donors (Lipinski definition) is 0. The summed E-state index contributed by atoms with van der Waals surface area (Å²) in [5.74, 6) is 0.0973. The molecule has 146 valence electrons. The predicted octanol–water partition coefficient (Wildman–Crippen LogP) is 3.77. The summed E-state index contributed by atoms with van der Waals surface area (Å²) in [6.45, 7) is 2.03. The lowest BCUT2D eigenvalue weighted by molar-refractivity contribution is -0.147. The van der Waals surface area contributed by atoms with Gasteiger partial charge in [-0.2, -0.15) is 0 Å². The van der Waals surface area contributed by atoms with Gasteiger partial charge in [-0.3, -0.25) is 9.59 Å². The molecule has 0 radical (unpaired) electrons. The first-order valence-electron chi connectivity index (χ1n) is 8.56. The fourth-order valence-corrected chi connectivity index (χ4v) is 3.54. The average Bonchev–Trinajstić information content (AvgIpc) is 3.19. The van der Waals surface area contributed by atoms with Gasteiger partial charge in [-0.15, -0.1) is 11.3 Å². The third-order valence-corrected chi connectivity index (χ3v) is 4.96. The Morgan fingerprint density at radius 1 is 1.07 bits per heavy atom. The van der Waals surface area contributed by atoms with Gasteiger partial charge < -0.3 is 18.9 Å². The summed E-state index contributed by atoms with van der Waals surface area (Å²) in [5.41, 5.74) is 0.393. The molecule has 1 aromatic heterocycles. The van der Waals surface area contributed by atoms with Crippen LogP contribution >= 0.6 is 11.3 Å². The van der Waals surface area contributed by atoms with Crippen molar-refractivity contribution in [3.05, 3.63) is 40.1 Å². The van der Waals surface area contributed by atoms with Crippen molar-refractivity contribution in [1.82, 2.24) is 0 Å². The molecule has 0 bridgehead atoms. The van der Waals surface area contributed by atoms with Crippen LogP contribution in [0.5, 0.6) is 17.2 Å². The first-order valence-corrected chi connectivity index (χ1v) is 9.44. The Balaban J connectivity index is 2.26. The minimum atomic E-state index is -0.546. The van der Waals surface area contributed by atoms with Crippen molar-refractivity contribution in [2.24, 2.45) is 5.92 Å². The molecule has 1 heterocycles. The van der Waals surface area contributed by atoms with Gasteiger partial charge in [-0.25, -0.2) is 0 Å². The van der Waals surface area contributed by atoms with Gasteiger partial charge in [0.15, 0.2) is 17.3 Å². The van der Waals surface area contributed by atoms with Crippen LogP contribution in [-0.2, 0) is 16.0 Å². The quantitative estimate of drug-likeness (QED) is 0.453. The monoisotopic (exact) mass is 392 g/mol. The normalized spacial score (nSPS) is 11.6. The summed E-state index contributed by atoms with van der Waals surface area (Å²) in [5, 5.41) is 1.94. The molecule has 2 aromatic rings. The van der Waals surface area contributed by atoms with E-state index in [4.69, 9.17) is 18.9 Å². The molecule has 0 fully saturated rings. The zero-order valence-corrected chi connectivity index (χ0v) is 16.8. The molecule has 2 rings (SSSR count). The van der Waals surface area contributed by atoms with Crippen molar-refractivity contribution < 1.29 is 28.5 Å². The summed E-state index contributed by atoms with van der Waals surface area (Å²) in [6, 6.07) is 7.05. The fourth-order valence-electron chi connectivity index (χ4n) is 2.75. The van der Waals surface area contributed by atoms with Gasteiger partial charge in [0.2, 0.25) is 5.75 Å². The average molecular weight is 392 g/mol. The molecule has 1 atom stereocenters. The lowest BCUT2D eigenvalue weighted by Gasteiger charge is -2.16. The Kier molecular flexibility index (Phi) is 7.67. The molecular formula is C20H24O6S. The van der Waals surface area contributed by atoms with E-state index in [1.54, 1.807) is 30.4 Å². The number of carbonyl (C=O) groups is 2. The molecule has 27 heavy (non-hydrogen) atoms. The number of Topliss-reactive ketones (excluding diaryl/α,β-unsaturated/α-hetero) is 1. The van der Waals surface area contributed by atoms with Gasteiger partial charge in [0.1, 0.15) is 0 Å². The molecule has 0 aliphatic heterocycles. The maximum Gasteiger partial charge on any atom is 0.309 e. The Labute approximate surface area is 163 Å². The van der Waals surface area contributed by atoms with Crippen molar-refractivity contribution in [2.45, 2.75) is 19.8 Å². The van der Waals surface area contributed by atoms with E-state index in [-0.39, 0.29) is 24.8 Å². The number of esters is 1. The molecule has 1 aromatic carbocycles. The second-order valence-electron chi connectivity index (χ2n) is 5.77. The van der Waals surface area contributed by atoms with Crippen LogP contribution < -0.4 is 14.2 Å². The Hall–Kier alpha value is -2.54. The highest BCUT2D eigenvalue weighted by Crippen LogP contribution is 2.38. The SMILES string of the molecule is CCOC(=O)C(CC(=O)c1cc(OC)c(OC)c(OC)c1)Cc1cccs1. The number of thiophene rings is 1. The van der Waals surface area contributed by atoms with Crippen LogP contribution in [0.2, 0.25) is 0 Å². The lowest BCUT2D eigenvalue weighted by atomic mass is 9.94. The van der Waals surface area contributed by atoms with E-state index >= 15 is 0 Å². The van der Waals surface area contributed by atoms with Crippen molar-refractivity contribution in [3.8, 4) is 17.2 Å². The van der Waals surface area contributed by atoms with Gasteiger partial charge in [-0.1, -0.05) is 6.07 Å². The van der Waals surface area contributed by atoms with Crippen LogP contribution in [0.1, 0.15) is 28.6 Å². The number of ether oxygens (including phenoxy) is 4. The second kappa shape index (κ2) is 9.97. The Morgan fingerprint density at radius 2 is 1.74 bits per heavy atom. The molecule has 0 saturated carbocycles. The maximum atomic E-state index is 12.9. The fraction of sp³-hybridized carbons (Fsp3) is 0.400. The topological polar surface area (TPSA) is 71.1 Å². The van der Waals surface area contributed by atoms with Gasteiger partial charge in [0.05, 0.1) is 33.9 Å². The van der Waals surface area contributed by atoms with Crippen LogP contribution in [0.25, 0.3) is 0 Å². The van der Waals surface area contributed by atoms with E-state index in [1.165, 1.54) is 21.3 Å². The summed E-state index contributed by atoms with van der Waals surface area (Å²) in [6.07, 6.45) is 0.502. The van der Waals surface area contributed by atoms with Crippen LogP contribution in [0.15, 0.2) is 29.6 Å². The third-order valence-electron chi connectivity index (χ3n) is 4.07. The number of rotatable bonds is 10. The van der Waals surface area contributed by atoms with Crippen LogP contribution in [0, 0.1) is 5.92 Å². The molecule has 0 amide bonds. The standard InChI is InChI=1S/C20H24O6S/c1-5-26-20(22)14(9-15-7-6-8-27-15)10-16(21)13-11-17(23-2)19(25-4)18(12-13)24-3/h6-8,11-12,14H,5,9-10H2,1-4H3. The molecule has 0 N–H and O–H groups in total. The van der Waals surface area contributed by atoms with E-state index in [0.717, 1.165) is 4.88 Å². The summed E-state index contributed by atoms with van der Waals surface area (Å²) in [7, 11) is 4.48. The molecule has 0 spiro atoms. The first kappa shape index (κ1) is 20.8. The highest BCUT2D eigenvalue weighted by atomic mass is 32.1. The van der Waals surface area contributed by atoms with E-state index in [0.29, 0.717) is 29.2 Å². The Bertz CT molecular complexity index is 744. The maximum absolute atomic E-state index is 12.9. The third kappa shape index (κ3) is 5.23. The number of carbonyl (C=O) groups excluding carboxylic acids is 2. The molecule has 0 aliphatic rings. The van der Waals surface area contributed by atoms with E-state index in [9.17, 15) is 9.59 Å². The van der Waals surface area contributed by atoms with E-state index in [1.807, 2.05) is 17.5 Å². The molecule has 7 heteroatoms. The highest BCUT2D eigenvalue weighted by molar-refractivity contribution is 7.09. The number of methoxy groups -OCH3 is 3. The van der Waals surface area contributed by atoms with Crippen molar-refractivity contribution in [2.75, 3.05) is 27.9 Å². The summed E-state index contributed by atoms with van der Waals surface area (Å²) >= 11 is 1.55. The lowest BCUT2D eigenvalue weighted by Crippen LogP contribution is -2.23. The van der Waals surface area contributed by atoms with Gasteiger partial charge in [0, 0.05) is 16.9 Å². The van der Waals surface area contributed by atoms with Crippen molar-refractivity contribution >= 4 is 23.1 Å². The van der Waals surface area contributed by atoms with Crippen LogP contribution in [-0.4, -0.2) is 39.7 Å². The van der Waals surface area contributed by atoms with Crippen molar-refractivity contribution in [1.29, 1.82) is 0 Å². The van der Waals surface area contributed by atoms with E-state index < -0.39 is 5.92 Å². The Morgan fingerprint density at radius 3 is 2.22 bits per heavy atom. The largest absolute Gasteiger partial charge is 0.493 e. The van der Waals surface area contributed by atoms with E-state index in [2.05, 4.69) is 0 Å². The highest BCUT2D eigenvalue weighted by Gasteiger charge is 2.26. The number of hydrogen-bond acceptors (Lipinski definition) is 7. The van der Waals surface area contributed by atoms with Gasteiger partial charge in [0.25, 0.3) is 0 Å². The van der Waals surface area contributed by atoms with Crippen molar-refractivity contribution in [3.63, 3.8) is 0 Å². The first-order chi connectivity index (χ1) is 13.0. The molecule has 6 nitrogen and oxygen atoms in total. The van der Waals surface area contributed by atoms with Crippen LogP contribution in [0.3, 0.4) is 0 Å². The molecule has 1 unspecified atom stereocenters. The van der Waals surface area contributed by atoms with Gasteiger partial charge >= 0.3 is 5.97 Å². The zero-order chi connectivity index (χ0) is 19.8. The minimum Gasteiger partial charge on any atom is -0.493 e. The second-order valence-corrected chi connectivity index (χ2v) is 6.81. The van der Waals surface area contributed by atoms with Gasteiger partial charge in [-0.05, 0) is 36.9 Å². The minimum absolute atomic E-state index is 0.0371.